The summed E-state index contributed by atoms with van der Waals surface area (Å²) in [5.41, 5.74) is 13.5. The van der Waals surface area contributed by atoms with E-state index in [0.717, 1.165) is 50.1 Å². The van der Waals surface area contributed by atoms with Gasteiger partial charge in [-0.15, -0.1) is 0 Å². The van der Waals surface area contributed by atoms with Gasteiger partial charge in [0.15, 0.2) is 0 Å². The van der Waals surface area contributed by atoms with E-state index in [9.17, 15) is 0 Å². The molecule has 12 rings (SSSR count). The first-order valence-corrected chi connectivity index (χ1v) is 18.8. The van der Waals surface area contributed by atoms with Crippen LogP contribution in [-0.2, 0) is 0 Å². The predicted octanol–water partition coefficient (Wildman–Crippen LogP) is 14.7. The molecular formula is C52H32N2O. The molecule has 55 heavy (non-hydrogen) atoms. The van der Waals surface area contributed by atoms with Crippen molar-refractivity contribution in [2.24, 2.45) is 0 Å². The van der Waals surface area contributed by atoms with E-state index in [1.807, 2.05) is 0 Å². The Labute approximate surface area is 316 Å². The van der Waals surface area contributed by atoms with E-state index in [1.54, 1.807) is 0 Å². The van der Waals surface area contributed by atoms with Gasteiger partial charge in [0.05, 0.1) is 22.2 Å². The number of hydrogen-bond acceptors (Lipinski definition) is 2. The minimum Gasteiger partial charge on any atom is -0.456 e. The van der Waals surface area contributed by atoms with Crippen LogP contribution in [0.25, 0.3) is 93.1 Å². The fourth-order valence-electron chi connectivity index (χ4n) is 9.04. The fourth-order valence-corrected chi connectivity index (χ4v) is 9.04. The van der Waals surface area contributed by atoms with Gasteiger partial charge in [0.1, 0.15) is 11.2 Å². The maximum atomic E-state index is 6.79. The normalized spacial score (nSPS) is 12.0. The van der Waals surface area contributed by atoms with Crippen molar-refractivity contribution in [3.05, 3.63) is 194 Å². The van der Waals surface area contributed by atoms with E-state index in [2.05, 4.69) is 203 Å². The summed E-state index contributed by atoms with van der Waals surface area (Å²) in [5.74, 6) is 0. The van der Waals surface area contributed by atoms with Crippen molar-refractivity contribution in [3.63, 3.8) is 0 Å². The first kappa shape index (κ1) is 30.1. The van der Waals surface area contributed by atoms with E-state index in [1.165, 1.54) is 60.0 Å². The molecule has 0 fully saturated rings. The summed E-state index contributed by atoms with van der Waals surface area (Å²) in [6.45, 7) is 0. The molecule has 0 unspecified atom stereocenters. The molecule has 3 aromatic heterocycles. The highest BCUT2D eigenvalue weighted by molar-refractivity contribution is 6.29. The second-order valence-electron chi connectivity index (χ2n) is 14.5. The number of hydrogen-bond donors (Lipinski definition) is 0. The van der Waals surface area contributed by atoms with Gasteiger partial charge < -0.3 is 13.7 Å². The molecule has 3 heterocycles. The lowest BCUT2D eigenvalue weighted by atomic mass is 9.98. The van der Waals surface area contributed by atoms with Crippen molar-refractivity contribution >= 4 is 87.9 Å². The largest absolute Gasteiger partial charge is 0.456 e. The van der Waals surface area contributed by atoms with Crippen molar-refractivity contribution in [2.75, 3.05) is 4.90 Å². The highest BCUT2D eigenvalue weighted by atomic mass is 16.3. The molecule has 0 amide bonds. The van der Waals surface area contributed by atoms with Gasteiger partial charge in [-0.05, 0) is 94.2 Å². The first-order chi connectivity index (χ1) is 27.3. The molecule has 0 radical (unpaired) electrons. The summed E-state index contributed by atoms with van der Waals surface area (Å²) in [6.07, 6.45) is 0. The number of nitrogens with zero attached hydrogens (tertiary/aromatic N) is 2. The molecule has 0 saturated carbocycles. The molecule has 0 N–H and O–H groups in total. The van der Waals surface area contributed by atoms with Crippen LogP contribution in [0.15, 0.2) is 199 Å². The van der Waals surface area contributed by atoms with Crippen molar-refractivity contribution in [1.82, 2.24) is 4.40 Å². The van der Waals surface area contributed by atoms with E-state index < -0.39 is 0 Å². The quantitative estimate of drug-likeness (QED) is 0.178. The van der Waals surface area contributed by atoms with Crippen LogP contribution < -0.4 is 4.90 Å². The lowest BCUT2D eigenvalue weighted by Gasteiger charge is -2.28. The van der Waals surface area contributed by atoms with Crippen LogP contribution in [0.3, 0.4) is 0 Å². The van der Waals surface area contributed by atoms with Crippen LogP contribution in [0.2, 0.25) is 0 Å². The fraction of sp³-hybridized carbons (Fsp3) is 0. The molecule has 0 aliphatic heterocycles. The third-order valence-corrected chi connectivity index (χ3v) is 11.5. The first-order valence-electron chi connectivity index (χ1n) is 18.8. The predicted molar refractivity (Wildman–Crippen MR) is 231 cm³/mol. The lowest BCUT2D eigenvalue weighted by Crippen LogP contribution is -2.11. The van der Waals surface area contributed by atoms with E-state index >= 15 is 0 Å². The van der Waals surface area contributed by atoms with Gasteiger partial charge in [0, 0.05) is 49.3 Å². The van der Waals surface area contributed by atoms with Crippen LogP contribution in [0, 0.1) is 0 Å². The van der Waals surface area contributed by atoms with Crippen LogP contribution in [0.4, 0.5) is 17.1 Å². The summed E-state index contributed by atoms with van der Waals surface area (Å²) in [4.78, 5) is 2.35. The molecule has 0 spiro atoms. The Balaban J connectivity index is 1.01. The molecule has 0 atom stereocenters. The van der Waals surface area contributed by atoms with E-state index in [0.29, 0.717) is 0 Å². The van der Waals surface area contributed by atoms with Gasteiger partial charge in [0.25, 0.3) is 0 Å². The third-order valence-electron chi connectivity index (χ3n) is 11.5. The molecule has 256 valence electrons. The van der Waals surface area contributed by atoms with Gasteiger partial charge in [-0.2, -0.15) is 0 Å². The number of furan rings is 1. The summed E-state index contributed by atoms with van der Waals surface area (Å²) in [6, 6.07) is 70.0. The third kappa shape index (κ3) is 4.44. The number of fused-ring (bicyclic) bond motifs is 11. The van der Waals surface area contributed by atoms with Crippen molar-refractivity contribution < 1.29 is 4.42 Å². The molecule has 3 nitrogen and oxygen atoms in total. The van der Waals surface area contributed by atoms with Gasteiger partial charge >= 0.3 is 0 Å². The Morgan fingerprint density at radius 3 is 1.93 bits per heavy atom. The van der Waals surface area contributed by atoms with Gasteiger partial charge in [0.2, 0.25) is 0 Å². The van der Waals surface area contributed by atoms with E-state index in [4.69, 9.17) is 4.42 Å². The number of rotatable bonds is 5. The highest BCUT2D eigenvalue weighted by Crippen LogP contribution is 2.45. The van der Waals surface area contributed by atoms with Crippen LogP contribution in [0.1, 0.15) is 0 Å². The maximum Gasteiger partial charge on any atom is 0.136 e. The Morgan fingerprint density at radius 1 is 0.382 bits per heavy atom. The lowest BCUT2D eigenvalue weighted by molar-refractivity contribution is 0.669. The molecular weight excluding hydrogens is 669 g/mol. The Morgan fingerprint density at radius 2 is 1.05 bits per heavy atom. The molecule has 9 aromatic carbocycles. The smallest absolute Gasteiger partial charge is 0.136 e. The van der Waals surface area contributed by atoms with Crippen molar-refractivity contribution in [3.8, 4) is 22.3 Å². The minimum absolute atomic E-state index is 0.882. The summed E-state index contributed by atoms with van der Waals surface area (Å²) in [5, 5.41) is 9.83. The Bertz CT molecular complexity index is 3410. The topological polar surface area (TPSA) is 20.8 Å². The molecule has 0 saturated heterocycles. The molecule has 0 aliphatic carbocycles. The van der Waals surface area contributed by atoms with Crippen LogP contribution >= 0.6 is 0 Å². The second kappa shape index (κ2) is 11.6. The maximum absolute atomic E-state index is 6.79. The van der Waals surface area contributed by atoms with E-state index in [-0.39, 0.29) is 0 Å². The molecule has 0 aliphatic rings. The zero-order valence-electron chi connectivity index (χ0n) is 29.8. The summed E-state index contributed by atoms with van der Waals surface area (Å²) < 4.78 is 9.23. The zero-order valence-corrected chi connectivity index (χ0v) is 29.8. The number of anilines is 3. The van der Waals surface area contributed by atoms with Crippen molar-refractivity contribution in [2.45, 2.75) is 0 Å². The molecule has 0 bridgehead atoms. The molecule has 3 heteroatoms. The van der Waals surface area contributed by atoms with Gasteiger partial charge in [-0.25, -0.2) is 0 Å². The average Bonchev–Trinajstić information content (AvgIpc) is 3.91. The Hall–Kier alpha value is -7.36. The molecule has 12 aromatic rings. The summed E-state index contributed by atoms with van der Waals surface area (Å²) >= 11 is 0. The monoisotopic (exact) mass is 700 g/mol. The number of para-hydroxylation sites is 4. The standard InChI is InChI=1S/C52H32N2O/c1-3-12-33(13-4-1)34-22-26-38(27-23-34)53(37-14-5-2-6-15-37)46-20-9-7-16-39(46)36-24-28-41-45-30-35-25-29-48-51(44(35)32-50(45)55-49(41)31-36)43-19-11-18-42-40-17-8-10-21-47(40)54(48)52(42)43/h1-32H. The van der Waals surface area contributed by atoms with Crippen molar-refractivity contribution in [1.29, 1.82) is 0 Å². The zero-order chi connectivity index (χ0) is 36.0. The van der Waals surface area contributed by atoms with Crippen LogP contribution in [-0.4, -0.2) is 4.40 Å². The highest BCUT2D eigenvalue weighted by Gasteiger charge is 2.21. The summed E-state index contributed by atoms with van der Waals surface area (Å²) in [7, 11) is 0. The van der Waals surface area contributed by atoms with Gasteiger partial charge in [-0.3, -0.25) is 0 Å². The number of aromatic nitrogens is 1. The Kier molecular flexibility index (Phi) is 6.34. The minimum atomic E-state index is 0.882. The average molecular weight is 701 g/mol. The SMILES string of the molecule is c1ccc(-c2ccc(N(c3ccccc3)c3ccccc3-c3ccc4c(c3)oc3cc5c(ccc6c5c5cccc7c8ccccc8n6c75)cc34)cc2)cc1. The van der Waals surface area contributed by atoms with Crippen LogP contribution in [0.5, 0.6) is 0 Å². The second-order valence-corrected chi connectivity index (χ2v) is 14.5. The van der Waals surface area contributed by atoms with Gasteiger partial charge in [-0.1, -0.05) is 127 Å². The number of benzene rings is 9.